The maximum atomic E-state index is 6.08. The average molecular weight is 375 g/mol. The lowest BCUT2D eigenvalue weighted by molar-refractivity contribution is 0.494. The summed E-state index contributed by atoms with van der Waals surface area (Å²) in [5, 5.41) is 17.3. The number of aromatic nitrogens is 5. The van der Waals surface area contributed by atoms with Crippen LogP contribution >= 0.6 is 23.4 Å². The summed E-state index contributed by atoms with van der Waals surface area (Å²) in [6.07, 6.45) is 1.54. The summed E-state index contributed by atoms with van der Waals surface area (Å²) in [5.74, 6) is 8.28. The van der Waals surface area contributed by atoms with Crippen LogP contribution in [0.5, 0.6) is 0 Å². The molecule has 0 aliphatic heterocycles. The van der Waals surface area contributed by atoms with E-state index in [9.17, 15) is 0 Å². The number of furan rings is 1. The first-order valence-electron chi connectivity index (χ1n) is 7.16. The van der Waals surface area contributed by atoms with Crippen molar-refractivity contribution in [2.24, 2.45) is 0 Å². The van der Waals surface area contributed by atoms with E-state index in [1.807, 2.05) is 12.1 Å². The minimum atomic E-state index is 0.328. The van der Waals surface area contributed by atoms with E-state index in [-0.39, 0.29) is 0 Å². The third kappa shape index (κ3) is 3.24. The molecule has 4 aromatic rings. The molecule has 0 aliphatic rings. The zero-order valence-electron chi connectivity index (χ0n) is 12.7. The summed E-state index contributed by atoms with van der Waals surface area (Å²) in [6, 6.07) is 10.7. The molecule has 8 nitrogen and oxygen atoms in total. The van der Waals surface area contributed by atoms with Gasteiger partial charge in [-0.2, -0.15) is 0 Å². The molecule has 3 heterocycles. The summed E-state index contributed by atoms with van der Waals surface area (Å²) < 4.78 is 12.2. The van der Waals surface area contributed by atoms with E-state index >= 15 is 0 Å². The summed E-state index contributed by atoms with van der Waals surface area (Å²) in [5.41, 5.74) is 0.784. The van der Waals surface area contributed by atoms with E-state index in [1.165, 1.54) is 16.4 Å². The SMILES string of the molecule is Nn1c(SCc2nnc(-c3ccco3)o2)nnc1-c1cccc(Cl)c1. The molecule has 1 aromatic carbocycles. The molecule has 2 N–H and O–H groups in total. The molecule has 126 valence electrons. The van der Waals surface area contributed by atoms with Crippen molar-refractivity contribution in [1.82, 2.24) is 25.1 Å². The molecule has 25 heavy (non-hydrogen) atoms. The highest BCUT2D eigenvalue weighted by molar-refractivity contribution is 7.98. The van der Waals surface area contributed by atoms with Gasteiger partial charge in [0.15, 0.2) is 11.6 Å². The standard InChI is InChI=1S/C15H11ClN6O2S/c16-10-4-1-3-9(7-10)13-19-21-15(22(13)17)25-8-12-18-20-14(24-12)11-5-2-6-23-11/h1-7H,8,17H2. The first kappa shape index (κ1) is 15.7. The Bertz CT molecular complexity index is 997. The Kier molecular flexibility index (Phi) is 4.16. The molecular formula is C15H11ClN6O2S. The fourth-order valence-electron chi connectivity index (χ4n) is 2.14. The Balaban J connectivity index is 1.49. The average Bonchev–Trinajstić information content (AvgIpc) is 3.34. The summed E-state index contributed by atoms with van der Waals surface area (Å²) >= 11 is 7.34. The zero-order valence-corrected chi connectivity index (χ0v) is 14.2. The van der Waals surface area contributed by atoms with Crippen LogP contribution < -0.4 is 5.84 Å². The van der Waals surface area contributed by atoms with E-state index in [0.29, 0.717) is 39.3 Å². The number of nitrogens with zero attached hydrogens (tertiary/aromatic N) is 5. The Hall–Kier alpha value is -2.78. The minimum Gasteiger partial charge on any atom is -0.459 e. The van der Waals surface area contributed by atoms with Gasteiger partial charge in [0.05, 0.1) is 12.0 Å². The van der Waals surface area contributed by atoms with Crippen LogP contribution in [0.15, 0.2) is 56.7 Å². The van der Waals surface area contributed by atoms with Crippen molar-refractivity contribution in [3.63, 3.8) is 0 Å². The maximum Gasteiger partial charge on any atom is 0.283 e. The molecule has 0 spiro atoms. The molecule has 3 aromatic heterocycles. The zero-order chi connectivity index (χ0) is 17.2. The van der Waals surface area contributed by atoms with Gasteiger partial charge in [-0.05, 0) is 24.3 Å². The topological polar surface area (TPSA) is 109 Å². The third-order valence-electron chi connectivity index (χ3n) is 3.27. The molecule has 0 fully saturated rings. The number of nitrogen functional groups attached to an aromatic ring is 1. The highest BCUT2D eigenvalue weighted by Crippen LogP contribution is 2.26. The second-order valence-corrected chi connectivity index (χ2v) is 6.33. The Morgan fingerprint density at radius 2 is 2.04 bits per heavy atom. The predicted molar refractivity (Wildman–Crippen MR) is 92.2 cm³/mol. The van der Waals surface area contributed by atoms with Crippen LogP contribution in [0.3, 0.4) is 0 Å². The van der Waals surface area contributed by atoms with Gasteiger partial charge < -0.3 is 14.7 Å². The van der Waals surface area contributed by atoms with Crippen LogP contribution in [0.25, 0.3) is 23.0 Å². The number of hydrogen-bond donors (Lipinski definition) is 1. The second kappa shape index (κ2) is 6.61. The lowest BCUT2D eigenvalue weighted by atomic mass is 10.2. The van der Waals surface area contributed by atoms with Gasteiger partial charge in [0.1, 0.15) is 0 Å². The molecule has 0 unspecified atom stereocenters. The van der Waals surface area contributed by atoms with Crippen molar-refractivity contribution in [3.8, 4) is 23.0 Å². The number of halogens is 1. The number of hydrogen-bond acceptors (Lipinski definition) is 8. The first-order valence-corrected chi connectivity index (χ1v) is 8.52. The molecule has 0 bridgehead atoms. The smallest absolute Gasteiger partial charge is 0.283 e. The van der Waals surface area contributed by atoms with Gasteiger partial charge in [0, 0.05) is 10.6 Å². The number of rotatable bonds is 5. The van der Waals surface area contributed by atoms with E-state index in [2.05, 4.69) is 20.4 Å². The van der Waals surface area contributed by atoms with Gasteiger partial charge in [-0.1, -0.05) is 35.5 Å². The Labute approximate surface area is 151 Å². The predicted octanol–water partition coefficient (Wildman–Crippen LogP) is 3.25. The van der Waals surface area contributed by atoms with Crippen molar-refractivity contribution >= 4 is 23.4 Å². The molecule has 4 rings (SSSR count). The summed E-state index contributed by atoms with van der Waals surface area (Å²) in [7, 11) is 0. The van der Waals surface area contributed by atoms with Crippen LogP contribution in [-0.4, -0.2) is 25.1 Å². The van der Waals surface area contributed by atoms with Crippen LogP contribution in [-0.2, 0) is 5.75 Å². The highest BCUT2D eigenvalue weighted by atomic mass is 35.5. The van der Waals surface area contributed by atoms with E-state index < -0.39 is 0 Å². The van der Waals surface area contributed by atoms with Crippen LogP contribution in [0, 0.1) is 0 Å². The van der Waals surface area contributed by atoms with Crippen molar-refractivity contribution in [2.75, 3.05) is 5.84 Å². The summed E-state index contributed by atoms with van der Waals surface area (Å²) in [6.45, 7) is 0. The molecule has 10 heteroatoms. The number of nitrogens with two attached hydrogens (primary N) is 1. The van der Waals surface area contributed by atoms with Crippen molar-refractivity contribution in [1.29, 1.82) is 0 Å². The van der Waals surface area contributed by atoms with Gasteiger partial charge in [-0.15, -0.1) is 20.4 Å². The minimum absolute atomic E-state index is 0.328. The lowest BCUT2D eigenvalue weighted by Crippen LogP contribution is -2.11. The fourth-order valence-corrected chi connectivity index (χ4v) is 3.02. The molecule has 0 atom stereocenters. The van der Waals surface area contributed by atoms with Crippen LogP contribution in [0.1, 0.15) is 5.89 Å². The van der Waals surface area contributed by atoms with Gasteiger partial charge in [0.2, 0.25) is 11.0 Å². The quantitative estimate of drug-likeness (QED) is 0.419. The molecule has 0 saturated heterocycles. The van der Waals surface area contributed by atoms with E-state index in [1.54, 1.807) is 30.5 Å². The number of thioether (sulfide) groups is 1. The maximum absolute atomic E-state index is 6.08. The highest BCUT2D eigenvalue weighted by Gasteiger charge is 2.15. The van der Waals surface area contributed by atoms with Crippen LogP contribution in [0.2, 0.25) is 5.02 Å². The van der Waals surface area contributed by atoms with Crippen molar-refractivity contribution in [3.05, 3.63) is 53.6 Å². The van der Waals surface area contributed by atoms with Gasteiger partial charge >= 0.3 is 0 Å². The molecule has 0 amide bonds. The second-order valence-electron chi connectivity index (χ2n) is 4.95. The van der Waals surface area contributed by atoms with Crippen molar-refractivity contribution < 1.29 is 8.83 Å². The Morgan fingerprint density at radius 1 is 1.12 bits per heavy atom. The van der Waals surface area contributed by atoms with E-state index in [4.69, 9.17) is 26.3 Å². The Morgan fingerprint density at radius 3 is 2.84 bits per heavy atom. The summed E-state index contributed by atoms with van der Waals surface area (Å²) in [4.78, 5) is 0. The fraction of sp³-hybridized carbons (Fsp3) is 0.0667. The first-order chi connectivity index (χ1) is 12.2. The lowest BCUT2D eigenvalue weighted by Gasteiger charge is -2.03. The monoisotopic (exact) mass is 374 g/mol. The van der Waals surface area contributed by atoms with Gasteiger partial charge in [0.25, 0.3) is 5.89 Å². The number of benzene rings is 1. The molecule has 0 aliphatic carbocycles. The van der Waals surface area contributed by atoms with Gasteiger partial charge in [-0.3, -0.25) is 0 Å². The van der Waals surface area contributed by atoms with Gasteiger partial charge in [-0.25, -0.2) is 4.68 Å². The van der Waals surface area contributed by atoms with Crippen LogP contribution in [0.4, 0.5) is 0 Å². The molecule has 0 saturated carbocycles. The normalized spacial score (nSPS) is 11.1. The molecule has 0 radical (unpaired) electrons. The van der Waals surface area contributed by atoms with Crippen molar-refractivity contribution in [2.45, 2.75) is 10.9 Å². The van der Waals surface area contributed by atoms with E-state index in [0.717, 1.165) is 5.56 Å². The molecular weight excluding hydrogens is 364 g/mol. The third-order valence-corrected chi connectivity index (χ3v) is 4.43. The largest absolute Gasteiger partial charge is 0.459 e.